The summed E-state index contributed by atoms with van der Waals surface area (Å²) in [6.45, 7) is 7.05. The number of rotatable bonds is 2. The topological polar surface area (TPSA) is 32.8 Å². The Kier molecular flexibility index (Phi) is 3.91. The van der Waals surface area contributed by atoms with E-state index < -0.39 is 5.41 Å². The van der Waals surface area contributed by atoms with Crippen molar-refractivity contribution in [3.63, 3.8) is 0 Å². The number of carbonyl (C=O) groups is 1. The molecule has 0 bridgehead atoms. The zero-order valence-electron chi connectivity index (χ0n) is 12.1. The molecule has 3 rings (SSSR count). The maximum Gasteiger partial charge on any atom is 0.237 e. The van der Waals surface area contributed by atoms with E-state index in [4.69, 9.17) is 27.9 Å². The smallest absolute Gasteiger partial charge is 0.237 e. The highest BCUT2D eigenvalue weighted by atomic mass is 35.5. The lowest BCUT2D eigenvalue weighted by atomic mass is 9.77. The maximum absolute atomic E-state index is 12.5. The molecule has 1 atom stereocenters. The van der Waals surface area contributed by atoms with Crippen LogP contribution in [0.15, 0.2) is 18.2 Å². The van der Waals surface area contributed by atoms with Gasteiger partial charge in [-0.25, -0.2) is 0 Å². The molecule has 1 unspecified atom stereocenters. The molecule has 2 fully saturated rings. The van der Waals surface area contributed by atoms with Crippen LogP contribution in [-0.4, -0.2) is 43.3 Å². The van der Waals surface area contributed by atoms with Crippen molar-refractivity contribution in [2.45, 2.75) is 20.0 Å². The Morgan fingerprint density at radius 3 is 2.48 bits per heavy atom. The van der Waals surface area contributed by atoms with Gasteiger partial charge in [0.15, 0.2) is 0 Å². The molecule has 1 aromatic carbocycles. The number of ether oxygens (including phenoxy) is 1. The number of β-lactam (4-membered cyclic amide) rings is 1. The molecule has 6 heteroatoms. The summed E-state index contributed by atoms with van der Waals surface area (Å²) >= 11 is 12.0. The van der Waals surface area contributed by atoms with Gasteiger partial charge in [-0.3, -0.25) is 14.6 Å². The number of morpholine rings is 1. The molecule has 0 aromatic heterocycles. The second-order valence-electron chi connectivity index (χ2n) is 6.02. The van der Waals surface area contributed by atoms with Crippen LogP contribution in [0.1, 0.15) is 13.8 Å². The largest absolute Gasteiger partial charge is 0.379 e. The van der Waals surface area contributed by atoms with Gasteiger partial charge in [0.1, 0.15) is 6.17 Å². The molecular weight excluding hydrogens is 311 g/mol. The van der Waals surface area contributed by atoms with E-state index in [2.05, 4.69) is 4.90 Å². The number of nitrogens with zero attached hydrogens (tertiary/aromatic N) is 2. The standard InChI is InChI=1S/C15H18Cl2N2O2/c1-15(2)13(18-5-7-21-8-6-18)19(14(15)20)10-3-4-11(16)12(17)9-10/h3-4,9,13H,5-8H2,1-2H3. The van der Waals surface area contributed by atoms with Crippen LogP contribution in [-0.2, 0) is 9.53 Å². The van der Waals surface area contributed by atoms with Crippen molar-refractivity contribution < 1.29 is 9.53 Å². The van der Waals surface area contributed by atoms with Gasteiger partial charge >= 0.3 is 0 Å². The van der Waals surface area contributed by atoms with E-state index in [1.807, 2.05) is 24.8 Å². The van der Waals surface area contributed by atoms with E-state index in [9.17, 15) is 4.79 Å². The van der Waals surface area contributed by atoms with E-state index in [-0.39, 0.29) is 12.1 Å². The first kappa shape index (κ1) is 15.1. The molecule has 0 N–H and O–H groups in total. The van der Waals surface area contributed by atoms with Crippen LogP contribution in [0.2, 0.25) is 10.0 Å². The van der Waals surface area contributed by atoms with Gasteiger partial charge in [0.05, 0.1) is 28.7 Å². The van der Waals surface area contributed by atoms with Crippen molar-refractivity contribution >= 4 is 34.8 Å². The monoisotopic (exact) mass is 328 g/mol. The number of halogens is 2. The maximum atomic E-state index is 12.5. The van der Waals surface area contributed by atoms with E-state index in [0.29, 0.717) is 23.3 Å². The van der Waals surface area contributed by atoms with Gasteiger partial charge in [-0.1, -0.05) is 23.2 Å². The summed E-state index contributed by atoms with van der Waals surface area (Å²) < 4.78 is 5.41. The SMILES string of the molecule is CC1(C)C(=O)N(c2ccc(Cl)c(Cl)c2)C1N1CCOCC1. The zero-order chi connectivity index (χ0) is 15.2. The Morgan fingerprint density at radius 2 is 1.86 bits per heavy atom. The lowest BCUT2D eigenvalue weighted by Crippen LogP contribution is -2.74. The summed E-state index contributed by atoms with van der Waals surface area (Å²) in [6, 6.07) is 5.33. The molecule has 0 spiro atoms. The Morgan fingerprint density at radius 1 is 1.19 bits per heavy atom. The predicted molar refractivity (Wildman–Crippen MR) is 83.9 cm³/mol. The van der Waals surface area contributed by atoms with E-state index in [1.165, 1.54) is 0 Å². The van der Waals surface area contributed by atoms with E-state index in [0.717, 1.165) is 18.8 Å². The number of carbonyl (C=O) groups excluding carboxylic acids is 1. The number of benzene rings is 1. The summed E-state index contributed by atoms with van der Waals surface area (Å²) in [4.78, 5) is 16.6. The normalized spacial score (nSPS) is 25.8. The van der Waals surface area contributed by atoms with Gasteiger partial charge in [0.25, 0.3) is 0 Å². The molecule has 0 radical (unpaired) electrons. The minimum absolute atomic E-state index is 0.0335. The third kappa shape index (κ3) is 2.44. The van der Waals surface area contributed by atoms with E-state index >= 15 is 0 Å². The Hall–Kier alpha value is -0.810. The molecule has 1 aromatic rings. The van der Waals surface area contributed by atoms with Gasteiger partial charge in [0.2, 0.25) is 5.91 Å². The molecule has 2 aliphatic heterocycles. The second-order valence-corrected chi connectivity index (χ2v) is 6.83. The van der Waals surface area contributed by atoms with Crippen LogP contribution in [0.25, 0.3) is 0 Å². The molecule has 2 saturated heterocycles. The fourth-order valence-corrected chi connectivity index (χ4v) is 3.42. The van der Waals surface area contributed by atoms with Crippen LogP contribution in [0, 0.1) is 5.41 Å². The lowest BCUT2D eigenvalue weighted by molar-refractivity contribution is -0.147. The highest BCUT2D eigenvalue weighted by Crippen LogP contribution is 2.44. The Balaban J connectivity index is 1.92. The first-order valence-corrected chi connectivity index (χ1v) is 7.79. The van der Waals surface area contributed by atoms with Gasteiger partial charge in [0, 0.05) is 18.8 Å². The van der Waals surface area contributed by atoms with Crippen molar-refractivity contribution in [1.29, 1.82) is 0 Å². The predicted octanol–water partition coefficient (Wildman–Crippen LogP) is 3.02. The number of hydrogen-bond acceptors (Lipinski definition) is 3. The molecule has 2 aliphatic rings. The molecule has 1 amide bonds. The molecular formula is C15H18Cl2N2O2. The fraction of sp³-hybridized carbons (Fsp3) is 0.533. The van der Waals surface area contributed by atoms with Crippen molar-refractivity contribution in [3.05, 3.63) is 28.2 Å². The summed E-state index contributed by atoms with van der Waals surface area (Å²) in [5, 5.41) is 0.961. The first-order chi connectivity index (χ1) is 9.93. The van der Waals surface area contributed by atoms with Crippen molar-refractivity contribution in [2.75, 3.05) is 31.2 Å². The molecule has 0 aliphatic carbocycles. The van der Waals surface area contributed by atoms with Crippen molar-refractivity contribution in [2.24, 2.45) is 5.41 Å². The van der Waals surface area contributed by atoms with Crippen LogP contribution in [0.3, 0.4) is 0 Å². The Labute approximate surface area is 134 Å². The summed E-state index contributed by atoms with van der Waals surface area (Å²) in [5.41, 5.74) is 0.397. The van der Waals surface area contributed by atoms with Gasteiger partial charge in [-0.05, 0) is 32.0 Å². The summed E-state index contributed by atoms with van der Waals surface area (Å²) in [6.07, 6.45) is 0.0335. The lowest BCUT2D eigenvalue weighted by Gasteiger charge is -2.57. The van der Waals surface area contributed by atoms with E-state index in [1.54, 1.807) is 12.1 Å². The quantitative estimate of drug-likeness (QED) is 0.782. The number of anilines is 1. The average Bonchev–Trinajstić information content (AvgIpc) is 2.48. The van der Waals surface area contributed by atoms with Crippen molar-refractivity contribution in [3.8, 4) is 0 Å². The third-order valence-electron chi connectivity index (χ3n) is 4.23. The van der Waals surface area contributed by atoms with Crippen LogP contribution >= 0.6 is 23.2 Å². The zero-order valence-corrected chi connectivity index (χ0v) is 13.6. The molecule has 114 valence electrons. The molecule has 2 heterocycles. The van der Waals surface area contributed by atoms with Crippen LogP contribution in [0.5, 0.6) is 0 Å². The van der Waals surface area contributed by atoms with Crippen LogP contribution in [0.4, 0.5) is 5.69 Å². The first-order valence-electron chi connectivity index (χ1n) is 7.03. The summed E-state index contributed by atoms with van der Waals surface area (Å²) in [5.74, 6) is 0.109. The number of hydrogen-bond donors (Lipinski definition) is 0. The molecule has 0 saturated carbocycles. The highest BCUT2D eigenvalue weighted by molar-refractivity contribution is 6.42. The van der Waals surface area contributed by atoms with Crippen LogP contribution < -0.4 is 4.90 Å². The minimum atomic E-state index is -0.399. The van der Waals surface area contributed by atoms with Gasteiger partial charge < -0.3 is 4.74 Å². The highest BCUT2D eigenvalue weighted by Gasteiger charge is 2.57. The van der Waals surface area contributed by atoms with Crippen molar-refractivity contribution in [1.82, 2.24) is 4.90 Å². The molecule has 4 nitrogen and oxygen atoms in total. The van der Waals surface area contributed by atoms with Gasteiger partial charge in [-0.15, -0.1) is 0 Å². The second kappa shape index (κ2) is 5.43. The van der Waals surface area contributed by atoms with Gasteiger partial charge in [-0.2, -0.15) is 0 Å². The fourth-order valence-electron chi connectivity index (χ4n) is 3.12. The third-order valence-corrected chi connectivity index (χ3v) is 4.97. The summed E-state index contributed by atoms with van der Waals surface area (Å²) in [7, 11) is 0. The average molecular weight is 329 g/mol. The Bertz CT molecular complexity index is 571. The molecule has 21 heavy (non-hydrogen) atoms. The minimum Gasteiger partial charge on any atom is -0.379 e. The number of amides is 1.